The number of hydrogen-bond acceptors (Lipinski definition) is 5. The van der Waals surface area contributed by atoms with E-state index in [1.54, 1.807) is 38.3 Å². The highest BCUT2D eigenvalue weighted by Crippen LogP contribution is 2.29. The molecule has 1 heterocycles. The van der Waals surface area contributed by atoms with E-state index in [1.807, 2.05) is 10.6 Å². The highest BCUT2D eigenvalue weighted by atomic mass is 35.5. The molecule has 0 saturated carbocycles. The van der Waals surface area contributed by atoms with Crippen molar-refractivity contribution < 1.29 is 18.7 Å². The lowest BCUT2D eigenvalue weighted by Crippen LogP contribution is -2.06. The molecule has 0 spiro atoms. The molecule has 5 nitrogen and oxygen atoms in total. The summed E-state index contributed by atoms with van der Waals surface area (Å²) in [4.78, 5) is 16.7. The summed E-state index contributed by atoms with van der Waals surface area (Å²) in [6.45, 7) is 3.24. The highest BCUT2D eigenvalue weighted by molar-refractivity contribution is 7.98. The van der Waals surface area contributed by atoms with Crippen molar-refractivity contribution >= 4 is 40.4 Å². The average Bonchev–Trinajstić information content (AvgIpc) is 3.04. The smallest absolute Gasteiger partial charge is 0.338 e. The molecule has 0 aliphatic heterocycles. The summed E-state index contributed by atoms with van der Waals surface area (Å²) in [5.74, 6) is -0.221. The van der Waals surface area contributed by atoms with Crippen molar-refractivity contribution in [2.24, 2.45) is 0 Å². The van der Waals surface area contributed by atoms with Crippen LogP contribution in [-0.4, -0.2) is 35.8 Å². The van der Waals surface area contributed by atoms with Crippen molar-refractivity contribution in [1.29, 1.82) is 0 Å². The highest BCUT2D eigenvalue weighted by Gasteiger charge is 2.15. The van der Waals surface area contributed by atoms with E-state index in [9.17, 15) is 9.18 Å². The number of imidazole rings is 1. The molecule has 0 aliphatic rings. The van der Waals surface area contributed by atoms with Crippen LogP contribution in [-0.2, 0) is 21.8 Å². The number of benzene rings is 2. The Morgan fingerprint density at radius 3 is 2.82 bits per heavy atom. The number of nitrogens with zero attached hydrogens (tertiary/aromatic N) is 2. The zero-order valence-corrected chi connectivity index (χ0v) is 17.1. The number of methoxy groups -OCH3 is 1. The number of thioether (sulfide) groups is 1. The maximum atomic E-state index is 13.4. The normalized spacial score (nSPS) is 11.1. The van der Waals surface area contributed by atoms with Gasteiger partial charge in [-0.3, -0.25) is 0 Å². The molecule has 3 aromatic rings. The third-order valence-electron chi connectivity index (χ3n) is 4.10. The Balaban J connectivity index is 1.90. The SMILES string of the molecule is CCOC(=O)c1ccc2c(c1)nc(SCc1ccc(F)c(Cl)c1)n2CCOC. The standard InChI is InChI=1S/C20H20ClFN2O3S/c1-3-27-19(25)14-5-7-18-17(11-14)23-20(24(18)8-9-26-2)28-12-13-4-6-16(22)15(21)10-13/h4-7,10-11H,3,8-9,12H2,1-2H3. The van der Waals surface area contributed by atoms with Gasteiger partial charge in [0.25, 0.3) is 0 Å². The van der Waals surface area contributed by atoms with E-state index in [1.165, 1.54) is 17.8 Å². The van der Waals surface area contributed by atoms with Gasteiger partial charge < -0.3 is 14.0 Å². The first-order valence-electron chi connectivity index (χ1n) is 8.76. The lowest BCUT2D eigenvalue weighted by Gasteiger charge is -2.09. The van der Waals surface area contributed by atoms with Gasteiger partial charge in [-0.2, -0.15) is 0 Å². The van der Waals surface area contributed by atoms with Crippen molar-refractivity contribution in [3.8, 4) is 0 Å². The third kappa shape index (κ3) is 4.66. The van der Waals surface area contributed by atoms with Gasteiger partial charge in [0.15, 0.2) is 5.16 Å². The third-order valence-corrected chi connectivity index (χ3v) is 5.43. The van der Waals surface area contributed by atoms with Gasteiger partial charge in [0, 0.05) is 19.4 Å². The number of ether oxygens (including phenoxy) is 2. The lowest BCUT2D eigenvalue weighted by molar-refractivity contribution is 0.0526. The van der Waals surface area contributed by atoms with Crippen LogP contribution in [0.25, 0.3) is 11.0 Å². The quantitative estimate of drug-likeness (QED) is 0.380. The number of halogens is 2. The predicted molar refractivity (Wildman–Crippen MR) is 109 cm³/mol. The van der Waals surface area contributed by atoms with Crippen LogP contribution in [0.5, 0.6) is 0 Å². The predicted octanol–water partition coefficient (Wildman–Crippen LogP) is 4.94. The van der Waals surface area contributed by atoms with Crippen molar-refractivity contribution in [3.63, 3.8) is 0 Å². The summed E-state index contributed by atoms with van der Waals surface area (Å²) < 4.78 is 25.7. The minimum absolute atomic E-state index is 0.102. The Morgan fingerprint density at radius 1 is 1.29 bits per heavy atom. The van der Waals surface area contributed by atoms with Crippen LogP contribution in [0, 0.1) is 5.82 Å². The molecule has 0 unspecified atom stereocenters. The Labute approximate surface area is 171 Å². The number of carbonyl (C=O) groups excluding carboxylic acids is 1. The number of rotatable bonds is 8. The van der Waals surface area contributed by atoms with Gasteiger partial charge in [-0.15, -0.1) is 0 Å². The maximum Gasteiger partial charge on any atom is 0.338 e. The Hall–Kier alpha value is -2.09. The fourth-order valence-corrected chi connectivity index (χ4v) is 3.92. The largest absolute Gasteiger partial charge is 0.462 e. The number of esters is 1. The number of fused-ring (bicyclic) bond motifs is 1. The van der Waals surface area contributed by atoms with E-state index in [4.69, 9.17) is 21.1 Å². The molecule has 0 bridgehead atoms. The zero-order chi connectivity index (χ0) is 20.1. The molecule has 28 heavy (non-hydrogen) atoms. The second kappa shape index (κ2) is 9.41. The molecule has 0 radical (unpaired) electrons. The van der Waals surface area contributed by atoms with Crippen LogP contribution in [0.1, 0.15) is 22.8 Å². The zero-order valence-electron chi connectivity index (χ0n) is 15.6. The second-order valence-electron chi connectivity index (χ2n) is 6.00. The number of aromatic nitrogens is 2. The van der Waals surface area contributed by atoms with Crippen LogP contribution in [0.3, 0.4) is 0 Å². The van der Waals surface area contributed by atoms with Gasteiger partial charge in [0.2, 0.25) is 0 Å². The second-order valence-corrected chi connectivity index (χ2v) is 7.35. The topological polar surface area (TPSA) is 53.3 Å². The van der Waals surface area contributed by atoms with Gasteiger partial charge in [0.1, 0.15) is 5.82 Å². The summed E-state index contributed by atoms with van der Waals surface area (Å²) in [5, 5.41) is 0.888. The fourth-order valence-electron chi connectivity index (χ4n) is 2.74. The molecule has 8 heteroatoms. The van der Waals surface area contributed by atoms with E-state index in [-0.39, 0.29) is 11.0 Å². The molecular weight excluding hydrogens is 403 g/mol. The molecule has 0 N–H and O–H groups in total. The van der Waals surface area contributed by atoms with Crippen molar-refractivity contribution in [2.75, 3.05) is 20.3 Å². The summed E-state index contributed by atoms with van der Waals surface area (Å²) in [5.41, 5.74) is 2.98. The van der Waals surface area contributed by atoms with E-state index in [0.717, 1.165) is 16.2 Å². The molecule has 3 rings (SSSR count). The van der Waals surface area contributed by atoms with Crippen molar-refractivity contribution in [1.82, 2.24) is 9.55 Å². The van der Waals surface area contributed by atoms with Gasteiger partial charge in [0.05, 0.1) is 34.8 Å². The van der Waals surface area contributed by atoms with Crippen molar-refractivity contribution in [3.05, 3.63) is 58.4 Å². The van der Waals surface area contributed by atoms with Gasteiger partial charge in [-0.05, 0) is 42.8 Å². The van der Waals surface area contributed by atoms with Gasteiger partial charge >= 0.3 is 5.97 Å². The fraction of sp³-hybridized carbons (Fsp3) is 0.300. The number of hydrogen-bond donors (Lipinski definition) is 0. The first-order chi connectivity index (χ1) is 13.5. The summed E-state index contributed by atoms with van der Waals surface area (Å²) in [6.07, 6.45) is 0. The summed E-state index contributed by atoms with van der Waals surface area (Å²) in [6, 6.07) is 10.0. The molecule has 2 aromatic carbocycles. The average molecular weight is 423 g/mol. The van der Waals surface area contributed by atoms with E-state index in [0.29, 0.717) is 36.6 Å². The Bertz CT molecular complexity index is 993. The molecule has 0 saturated heterocycles. The molecule has 0 fully saturated rings. The minimum Gasteiger partial charge on any atom is -0.462 e. The van der Waals surface area contributed by atoms with E-state index in [2.05, 4.69) is 4.98 Å². The van der Waals surface area contributed by atoms with Gasteiger partial charge in [-0.1, -0.05) is 29.4 Å². The Kier molecular flexibility index (Phi) is 6.93. The molecule has 1 aromatic heterocycles. The van der Waals surface area contributed by atoms with Gasteiger partial charge in [-0.25, -0.2) is 14.2 Å². The van der Waals surface area contributed by atoms with Crippen LogP contribution in [0.4, 0.5) is 4.39 Å². The summed E-state index contributed by atoms with van der Waals surface area (Å²) in [7, 11) is 1.64. The molecule has 0 aliphatic carbocycles. The monoisotopic (exact) mass is 422 g/mol. The lowest BCUT2D eigenvalue weighted by atomic mass is 10.2. The molecule has 0 atom stereocenters. The van der Waals surface area contributed by atoms with Crippen LogP contribution < -0.4 is 0 Å². The van der Waals surface area contributed by atoms with Crippen LogP contribution in [0.2, 0.25) is 5.02 Å². The Morgan fingerprint density at radius 2 is 2.11 bits per heavy atom. The first kappa shape index (κ1) is 20.6. The molecule has 148 valence electrons. The van der Waals surface area contributed by atoms with E-state index < -0.39 is 5.82 Å². The van der Waals surface area contributed by atoms with E-state index >= 15 is 0 Å². The molecular formula is C20H20ClFN2O3S. The van der Waals surface area contributed by atoms with Crippen LogP contribution >= 0.6 is 23.4 Å². The maximum absolute atomic E-state index is 13.4. The first-order valence-corrected chi connectivity index (χ1v) is 10.1. The summed E-state index contributed by atoms with van der Waals surface area (Å²) >= 11 is 7.38. The molecule has 0 amide bonds. The minimum atomic E-state index is -0.436. The van der Waals surface area contributed by atoms with Crippen molar-refractivity contribution in [2.45, 2.75) is 24.4 Å². The van der Waals surface area contributed by atoms with Crippen LogP contribution in [0.15, 0.2) is 41.6 Å². The number of carbonyl (C=O) groups is 1.